The van der Waals surface area contributed by atoms with Crippen LogP contribution in [-0.2, 0) is 9.53 Å². The highest BCUT2D eigenvalue weighted by Crippen LogP contribution is 2.16. The molecule has 0 aromatic heterocycles. The van der Waals surface area contributed by atoms with Crippen molar-refractivity contribution in [2.75, 3.05) is 26.3 Å². The van der Waals surface area contributed by atoms with E-state index in [1.54, 1.807) is 0 Å². The van der Waals surface area contributed by atoms with E-state index in [0.29, 0.717) is 18.9 Å². The van der Waals surface area contributed by atoms with Gasteiger partial charge in [0.05, 0.1) is 12.6 Å². The number of carbonyl (C=O) groups excluding carboxylic acids is 1. The molecule has 4 nitrogen and oxygen atoms in total. The summed E-state index contributed by atoms with van der Waals surface area (Å²) in [6.07, 6.45) is 3.93. The van der Waals surface area contributed by atoms with Crippen molar-refractivity contribution in [2.45, 2.75) is 31.7 Å². The van der Waals surface area contributed by atoms with E-state index in [1.165, 1.54) is 0 Å². The number of amides is 1. The molecule has 1 unspecified atom stereocenters. The first kappa shape index (κ1) is 10.9. The van der Waals surface area contributed by atoms with Crippen LogP contribution in [0, 0.1) is 5.92 Å². The second-order valence-electron chi connectivity index (χ2n) is 4.53. The lowest BCUT2D eigenvalue weighted by Crippen LogP contribution is -2.37. The zero-order valence-electron chi connectivity index (χ0n) is 9.13. The maximum Gasteiger partial charge on any atom is 0.220 e. The van der Waals surface area contributed by atoms with Gasteiger partial charge >= 0.3 is 0 Å². The van der Waals surface area contributed by atoms with Crippen LogP contribution in [0.25, 0.3) is 0 Å². The highest BCUT2D eigenvalue weighted by molar-refractivity contribution is 5.76. The first-order valence-electron chi connectivity index (χ1n) is 5.92. The molecule has 1 atom stereocenters. The Morgan fingerprint density at radius 1 is 1.33 bits per heavy atom. The standard InChI is InChI=1S/C11H20N2O2/c14-11(13-10-3-6-15-8-10)7-9-1-4-12-5-2-9/h9-10,12H,1-8H2,(H,13,14). The van der Waals surface area contributed by atoms with Crippen molar-refractivity contribution in [3.63, 3.8) is 0 Å². The van der Waals surface area contributed by atoms with Crippen LogP contribution in [-0.4, -0.2) is 38.3 Å². The summed E-state index contributed by atoms with van der Waals surface area (Å²) in [6.45, 7) is 3.60. The molecule has 86 valence electrons. The predicted octanol–water partition coefficient (Wildman–Crippen LogP) is 0.281. The molecule has 2 aliphatic heterocycles. The molecule has 0 saturated carbocycles. The van der Waals surface area contributed by atoms with Crippen LogP contribution in [0.15, 0.2) is 0 Å². The van der Waals surface area contributed by atoms with Gasteiger partial charge in [-0.15, -0.1) is 0 Å². The number of carbonyl (C=O) groups is 1. The fraction of sp³-hybridized carbons (Fsp3) is 0.909. The maximum absolute atomic E-state index is 11.7. The molecular formula is C11H20N2O2. The third kappa shape index (κ3) is 3.47. The van der Waals surface area contributed by atoms with Gasteiger partial charge < -0.3 is 15.4 Å². The second-order valence-corrected chi connectivity index (χ2v) is 4.53. The van der Waals surface area contributed by atoms with Crippen molar-refractivity contribution in [1.82, 2.24) is 10.6 Å². The largest absolute Gasteiger partial charge is 0.379 e. The van der Waals surface area contributed by atoms with E-state index in [2.05, 4.69) is 10.6 Å². The van der Waals surface area contributed by atoms with E-state index in [1.807, 2.05) is 0 Å². The summed E-state index contributed by atoms with van der Waals surface area (Å²) in [5.41, 5.74) is 0. The van der Waals surface area contributed by atoms with Crippen LogP contribution in [0.5, 0.6) is 0 Å². The molecule has 0 aliphatic carbocycles. The Hall–Kier alpha value is -0.610. The molecule has 2 heterocycles. The summed E-state index contributed by atoms with van der Waals surface area (Å²) in [6, 6.07) is 0.263. The highest BCUT2D eigenvalue weighted by Gasteiger charge is 2.21. The molecule has 0 bridgehead atoms. The highest BCUT2D eigenvalue weighted by atomic mass is 16.5. The summed E-state index contributed by atoms with van der Waals surface area (Å²) >= 11 is 0. The van der Waals surface area contributed by atoms with E-state index in [4.69, 9.17) is 4.74 Å². The summed E-state index contributed by atoms with van der Waals surface area (Å²) < 4.78 is 5.22. The van der Waals surface area contributed by atoms with Crippen LogP contribution in [0.4, 0.5) is 0 Å². The molecule has 0 aromatic carbocycles. The van der Waals surface area contributed by atoms with Crippen molar-refractivity contribution in [3.05, 3.63) is 0 Å². The van der Waals surface area contributed by atoms with Gasteiger partial charge in [0.2, 0.25) is 5.91 Å². The average Bonchev–Trinajstić information content (AvgIpc) is 2.71. The Balaban J connectivity index is 1.66. The summed E-state index contributed by atoms with van der Waals surface area (Å²) in [5.74, 6) is 0.783. The Morgan fingerprint density at radius 2 is 2.13 bits per heavy atom. The molecular weight excluding hydrogens is 192 g/mol. The Labute approximate surface area is 90.8 Å². The van der Waals surface area contributed by atoms with Gasteiger partial charge in [0.25, 0.3) is 0 Å². The van der Waals surface area contributed by atoms with Gasteiger partial charge in [0, 0.05) is 13.0 Å². The van der Waals surface area contributed by atoms with Gasteiger partial charge in [-0.2, -0.15) is 0 Å². The first-order chi connectivity index (χ1) is 7.34. The van der Waals surface area contributed by atoms with Crippen LogP contribution in [0.1, 0.15) is 25.7 Å². The summed E-state index contributed by atoms with van der Waals surface area (Å²) in [4.78, 5) is 11.7. The van der Waals surface area contributed by atoms with Gasteiger partial charge in [-0.3, -0.25) is 4.79 Å². The van der Waals surface area contributed by atoms with Crippen LogP contribution in [0.3, 0.4) is 0 Å². The van der Waals surface area contributed by atoms with Crippen molar-refractivity contribution in [3.8, 4) is 0 Å². The van der Waals surface area contributed by atoms with Crippen molar-refractivity contribution >= 4 is 5.91 Å². The van der Waals surface area contributed by atoms with E-state index in [-0.39, 0.29) is 11.9 Å². The fourth-order valence-corrected chi connectivity index (χ4v) is 2.28. The molecule has 2 aliphatic rings. The lowest BCUT2D eigenvalue weighted by Gasteiger charge is -2.22. The SMILES string of the molecule is O=C(CC1CCNCC1)NC1CCOC1. The molecule has 2 rings (SSSR count). The number of hydrogen-bond donors (Lipinski definition) is 2. The zero-order chi connectivity index (χ0) is 10.5. The Bertz CT molecular complexity index is 209. The minimum absolute atomic E-state index is 0.206. The number of nitrogens with one attached hydrogen (secondary N) is 2. The normalized spacial score (nSPS) is 27.9. The smallest absolute Gasteiger partial charge is 0.220 e. The predicted molar refractivity (Wildman–Crippen MR) is 57.6 cm³/mol. The van der Waals surface area contributed by atoms with E-state index in [0.717, 1.165) is 39.0 Å². The van der Waals surface area contributed by atoms with Gasteiger partial charge in [-0.05, 0) is 38.3 Å². The van der Waals surface area contributed by atoms with Crippen molar-refractivity contribution in [2.24, 2.45) is 5.92 Å². The molecule has 15 heavy (non-hydrogen) atoms. The van der Waals surface area contributed by atoms with E-state index in [9.17, 15) is 4.79 Å². The molecule has 2 fully saturated rings. The first-order valence-corrected chi connectivity index (χ1v) is 5.92. The number of ether oxygens (including phenoxy) is 1. The molecule has 1 amide bonds. The van der Waals surface area contributed by atoms with Crippen molar-refractivity contribution in [1.29, 1.82) is 0 Å². The fourth-order valence-electron chi connectivity index (χ4n) is 2.28. The topological polar surface area (TPSA) is 50.4 Å². The molecule has 0 spiro atoms. The quantitative estimate of drug-likeness (QED) is 0.706. The molecule has 2 saturated heterocycles. The van der Waals surface area contributed by atoms with Crippen LogP contribution < -0.4 is 10.6 Å². The monoisotopic (exact) mass is 212 g/mol. The third-order valence-corrected chi connectivity index (χ3v) is 3.23. The minimum Gasteiger partial charge on any atom is -0.379 e. The number of hydrogen-bond acceptors (Lipinski definition) is 3. The van der Waals surface area contributed by atoms with Gasteiger partial charge in [0.1, 0.15) is 0 Å². The molecule has 4 heteroatoms. The average molecular weight is 212 g/mol. The molecule has 2 N–H and O–H groups in total. The van der Waals surface area contributed by atoms with Crippen molar-refractivity contribution < 1.29 is 9.53 Å². The summed E-state index contributed by atoms with van der Waals surface area (Å²) in [5, 5.41) is 6.35. The maximum atomic E-state index is 11.7. The van der Waals surface area contributed by atoms with E-state index >= 15 is 0 Å². The number of rotatable bonds is 3. The Kier molecular flexibility index (Phi) is 3.97. The van der Waals surface area contributed by atoms with Gasteiger partial charge in [-0.1, -0.05) is 0 Å². The van der Waals surface area contributed by atoms with Crippen LogP contribution >= 0.6 is 0 Å². The second kappa shape index (κ2) is 5.47. The lowest BCUT2D eigenvalue weighted by atomic mass is 9.94. The zero-order valence-corrected chi connectivity index (χ0v) is 9.13. The van der Waals surface area contributed by atoms with E-state index < -0.39 is 0 Å². The Morgan fingerprint density at radius 3 is 2.80 bits per heavy atom. The summed E-state index contributed by atoms with van der Waals surface area (Å²) in [7, 11) is 0. The minimum atomic E-state index is 0.206. The molecule has 0 radical (unpaired) electrons. The third-order valence-electron chi connectivity index (χ3n) is 3.23. The lowest BCUT2D eigenvalue weighted by molar-refractivity contribution is -0.122. The van der Waals surface area contributed by atoms with Gasteiger partial charge in [-0.25, -0.2) is 0 Å². The van der Waals surface area contributed by atoms with Gasteiger partial charge in [0.15, 0.2) is 0 Å². The molecule has 0 aromatic rings. The number of piperidine rings is 1. The van der Waals surface area contributed by atoms with Crippen LogP contribution in [0.2, 0.25) is 0 Å².